The van der Waals surface area contributed by atoms with Crippen LogP contribution in [0.1, 0.15) is 24.4 Å². The van der Waals surface area contributed by atoms with E-state index in [0.29, 0.717) is 18.0 Å². The monoisotopic (exact) mass is 262 g/mol. The first kappa shape index (κ1) is 13.4. The smallest absolute Gasteiger partial charge is 0.183 e. The normalized spacial score (nSPS) is 12.2. The molecule has 2 rings (SSSR count). The van der Waals surface area contributed by atoms with Crippen molar-refractivity contribution in [1.82, 2.24) is 10.3 Å². The van der Waals surface area contributed by atoms with Gasteiger partial charge >= 0.3 is 0 Å². The largest absolute Gasteiger partial charge is 0.493 e. The molecule has 1 N–H and O–H groups in total. The van der Waals surface area contributed by atoms with Crippen molar-refractivity contribution < 1.29 is 13.9 Å². The zero-order valence-electron chi connectivity index (χ0n) is 11.3. The summed E-state index contributed by atoms with van der Waals surface area (Å²) in [7, 11) is 3.22. The lowest BCUT2D eigenvalue weighted by atomic mass is 10.2. The third-order valence-corrected chi connectivity index (χ3v) is 2.91. The van der Waals surface area contributed by atoms with E-state index in [1.54, 1.807) is 32.7 Å². The van der Waals surface area contributed by atoms with Gasteiger partial charge in [0.05, 0.1) is 32.2 Å². The highest BCUT2D eigenvalue weighted by atomic mass is 16.5. The number of ether oxygens (including phenoxy) is 2. The highest BCUT2D eigenvalue weighted by molar-refractivity contribution is 5.42. The van der Waals surface area contributed by atoms with Gasteiger partial charge in [-0.15, -0.1) is 0 Å². The molecule has 0 spiro atoms. The van der Waals surface area contributed by atoms with Gasteiger partial charge in [-0.3, -0.25) is 4.98 Å². The Morgan fingerprint density at radius 1 is 1.32 bits per heavy atom. The van der Waals surface area contributed by atoms with Crippen molar-refractivity contribution in [3.63, 3.8) is 0 Å². The number of pyridine rings is 1. The summed E-state index contributed by atoms with van der Waals surface area (Å²) in [6, 6.07) is 5.69. The van der Waals surface area contributed by atoms with E-state index >= 15 is 0 Å². The highest BCUT2D eigenvalue weighted by Gasteiger charge is 2.13. The summed E-state index contributed by atoms with van der Waals surface area (Å²) < 4.78 is 15.9. The van der Waals surface area contributed by atoms with Gasteiger partial charge in [0.15, 0.2) is 11.5 Å². The van der Waals surface area contributed by atoms with Crippen LogP contribution in [0, 0.1) is 0 Å². The summed E-state index contributed by atoms with van der Waals surface area (Å²) >= 11 is 0. The summed E-state index contributed by atoms with van der Waals surface area (Å²) in [5.74, 6) is 2.23. The number of methoxy groups -OCH3 is 2. The highest BCUT2D eigenvalue weighted by Crippen LogP contribution is 2.29. The Kier molecular flexibility index (Phi) is 4.41. The third kappa shape index (κ3) is 3.06. The fourth-order valence-electron chi connectivity index (χ4n) is 1.86. The molecule has 1 atom stereocenters. The van der Waals surface area contributed by atoms with E-state index in [-0.39, 0.29) is 6.04 Å². The molecule has 0 unspecified atom stereocenters. The van der Waals surface area contributed by atoms with Gasteiger partial charge in [-0.2, -0.15) is 0 Å². The minimum Gasteiger partial charge on any atom is -0.493 e. The molecule has 19 heavy (non-hydrogen) atoms. The van der Waals surface area contributed by atoms with Crippen LogP contribution in [0.2, 0.25) is 0 Å². The Bertz CT molecular complexity index is 511. The number of nitrogens with one attached hydrogen (secondary N) is 1. The molecule has 5 heteroatoms. The molecule has 0 saturated heterocycles. The zero-order chi connectivity index (χ0) is 13.7. The standard InChI is InChI=1S/C14H18N2O3/c1-10(12-5-4-8-19-12)16-9-11-14(18-3)13(17-2)6-7-15-11/h4-8,10,16H,9H2,1-3H3/t10-/m1/s1. The van der Waals surface area contributed by atoms with Crippen molar-refractivity contribution in [3.8, 4) is 11.5 Å². The summed E-state index contributed by atoms with van der Waals surface area (Å²) in [6.07, 6.45) is 3.37. The van der Waals surface area contributed by atoms with Crippen molar-refractivity contribution in [2.45, 2.75) is 19.5 Å². The van der Waals surface area contributed by atoms with Gasteiger partial charge in [-0.05, 0) is 19.1 Å². The van der Waals surface area contributed by atoms with E-state index in [4.69, 9.17) is 13.9 Å². The molecule has 0 amide bonds. The zero-order valence-corrected chi connectivity index (χ0v) is 11.3. The second-order valence-corrected chi connectivity index (χ2v) is 4.11. The predicted molar refractivity (Wildman–Crippen MR) is 71.3 cm³/mol. The number of hydrogen-bond acceptors (Lipinski definition) is 5. The molecule has 2 aromatic heterocycles. The topological polar surface area (TPSA) is 56.5 Å². The van der Waals surface area contributed by atoms with E-state index in [1.165, 1.54) is 0 Å². The third-order valence-electron chi connectivity index (χ3n) is 2.91. The predicted octanol–water partition coefficient (Wildman–Crippen LogP) is 2.54. The Balaban J connectivity index is 2.07. The quantitative estimate of drug-likeness (QED) is 0.867. The van der Waals surface area contributed by atoms with Crippen molar-refractivity contribution >= 4 is 0 Å². The van der Waals surface area contributed by atoms with Gasteiger partial charge in [0.2, 0.25) is 0 Å². The molecule has 102 valence electrons. The molecule has 0 radical (unpaired) electrons. The van der Waals surface area contributed by atoms with Crippen molar-refractivity contribution in [2.24, 2.45) is 0 Å². The summed E-state index contributed by atoms with van der Waals surface area (Å²) in [5, 5.41) is 3.34. The molecule has 0 aromatic carbocycles. The number of rotatable bonds is 6. The van der Waals surface area contributed by atoms with Crippen LogP contribution in [0.4, 0.5) is 0 Å². The molecule has 0 saturated carbocycles. The fourth-order valence-corrected chi connectivity index (χ4v) is 1.86. The van der Waals surface area contributed by atoms with Crippen molar-refractivity contribution in [1.29, 1.82) is 0 Å². The lowest BCUT2D eigenvalue weighted by Gasteiger charge is -2.14. The first-order valence-corrected chi connectivity index (χ1v) is 6.09. The molecule has 0 fully saturated rings. The number of hydrogen-bond donors (Lipinski definition) is 1. The number of furan rings is 1. The van der Waals surface area contributed by atoms with E-state index < -0.39 is 0 Å². The van der Waals surface area contributed by atoms with Crippen LogP contribution in [0.3, 0.4) is 0 Å². The second-order valence-electron chi connectivity index (χ2n) is 4.11. The number of nitrogens with zero attached hydrogens (tertiary/aromatic N) is 1. The number of aromatic nitrogens is 1. The molecule has 0 aliphatic heterocycles. The first-order chi connectivity index (χ1) is 9.26. The molecule has 0 aliphatic rings. The Morgan fingerprint density at radius 2 is 2.16 bits per heavy atom. The van der Waals surface area contributed by atoms with Crippen LogP contribution in [0.15, 0.2) is 35.1 Å². The minimum atomic E-state index is 0.104. The summed E-state index contributed by atoms with van der Waals surface area (Å²) in [5.41, 5.74) is 0.806. The van der Waals surface area contributed by atoms with Crippen LogP contribution >= 0.6 is 0 Å². The van der Waals surface area contributed by atoms with Gasteiger partial charge in [-0.25, -0.2) is 0 Å². The maximum atomic E-state index is 5.35. The molecule has 2 heterocycles. The average molecular weight is 262 g/mol. The lowest BCUT2D eigenvalue weighted by Crippen LogP contribution is -2.19. The van der Waals surface area contributed by atoms with E-state index in [9.17, 15) is 0 Å². The molecular weight excluding hydrogens is 244 g/mol. The maximum Gasteiger partial charge on any atom is 0.183 e. The molecule has 0 aliphatic carbocycles. The molecule has 5 nitrogen and oxygen atoms in total. The Morgan fingerprint density at radius 3 is 2.79 bits per heavy atom. The van der Waals surface area contributed by atoms with Gasteiger partial charge in [0.1, 0.15) is 5.76 Å². The lowest BCUT2D eigenvalue weighted by molar-refractivity contribution is 0.346. The first-order valence-electron chi connectivity index (χ1n) is 6.09. The van der Waals surface area contributed by atoms with Gasteiger partial charge in [0.25, 0.3) is 0 Å². The van der Waals surface area contributed by atoms with Gasteiger partial charge in [-0.1, -0.05) is 0 Å². The Labute approximate surface area is 112 Å². The van der Waals surface area contributed by atoms with Gasteiger partial charge in [0, 0.05) is 18.8 Å². The fraction of sp³-hybridized carbons (Fsp3) is 0.357. The van der Waals surface area contributed by atoms with Crippen LogP contribution in [-0.4, -0.2) is 19.2 Å². The second kappa shape index (κ2) is 6.24. The van der Waals surface area contributed by atoms with E-state index in [2.05, 4.69) is 10.3 Å². The minimum absolute atomic E-state index is 0.104. The summed E-state index contributed by atoms with van der Waals surface area (Å²) in [4.78, 5) is 4.31. The molecule has 0 bridgehead atoms. The van der Waals surface area contributed by atoms with E-state index in [1.807, 2.05) is 19.1 Å². The van der Waals surface area contributed by atoms with Crippen LogP contribution in [0.5, 0.6) is 11.5 Å². The summed E-state index contributed by atoms with van der Waals surface area (Å²) in [6.45, 7) is 2.60. The molecule has 2 aromatic rings. The van der Waals surface area contributed by atoms with Crippen molar-refractivity contribution in [2.75, 3.05) is 14.2 Å². The average Bonchev–Trinajstić information content (AvgIpc) is 2.98. The SMILES string of the molecule is COc1ccnc(CN[C@H](C)c2ccco2)c1OC. The molecular formula is C14H18N2O3. The maximum absolute atomic E-state index is 5.35. The van der Waals surface area contributed by atoms with Crippen LogP contribution in [-0.2, 0) is 6.54 Å². The van der Waals surface area contributed by atoms with E-state index in [0.717, 1.165) is 11.5 Å². The van der Waals surface area contributed by atoms with Crippen LogP contribution in [0.25, 0.3) is 0 Å². The van der Waals surface area contributed by atoms with Crippen molar-refractivity contribution in [3.05, 3.63) is 42.1 Å². The van der Waals surface area contributed by atoms with Gasteiger partial charge < -0.3 is 19.2 Å². The van der Waals surface area contributed by atoms with Crippen LogP contribution < -0.4 is 14.8 Å². The Hall–Kier alpha value is -2.01.